The van der Waals surface area contributed by atoms with Gasteiger partial charge in [-0.1, -0.05) is 6.92 Å². The molecule has 1 aliphatic carbocycles. The van der Waals surface area contributed by atoms with E-state index in [1.165, 1.54) is 6.08 Å². The van der Waals surface area contributed by atoms with Gasteiger partial charge in [0.05, 0.1) is 5.75 Å². The molecule has 1 heterocycles. The van der Waals surface area contributed by atoms with E-state index in [-0.39, 0.29) is 23.7 Å². The number of nitrogens with one attached hydrogen (secondary N) is 1. The zero-order valence-corrected chi connectivity index (χ0v) is 17.2. The summed E-state index contributed by atoms with van der Waals surface area (Å²) in [6.45, 7) is 3.08. The quantitative estimate of drug-likeness (QED) is 0.333. The number of halogens is 1. The summed E-state index contributed by atoms with van der Waals surface area (Å²) in [5, 5.41) is 4.08. The fraction of sp³-hybridized carbons (Fsp3) is 0.353. The van der Waals surface area contributed by atoms with Gasteiger partial charge in [0.1, 0.15) is 11.5 Å². The highest BCUT2D eigenvalue weighted by Gasteiger charge is 2.17. The second-order valence-corrected chi connectivity index (χ2v) is 8.35. The van der Waals surface area contributed by atoms with E-state index >= 15 is 0 Å². The highest BCUT2D eigenvalue weighted by Crippen LogP contribution is 2.14. The number of ketones is 1. The van der Waals surface area contributed by atoms with Crippen LogP contribution in [0.25, 0.3) is 0 Å². The second kappa shape index (κ2) is 9.77. The van der Waals surface area contributed by atoms with Crippen molar-refractivity contribution in [2.24, 2.45) is 5.10 Å². The van der Waals surface area contributed by atoms with Crippen LogP contribution in [0.15, 0.2) is 51.8 Å². The lowest BCUT2D eigenvalue weighted by atomic mass is 10.1. The van der Waals surface area contributed by atoms with Gasteiger partial charge in [-0.3, -0.25) is 14.8 Å². The summed E-state index contributed by atoms with van der Waals surface area (Å²) in [4.78, 5) is 18.4. The zero-order valence-electron chi connectivity index (χ0n) is 14.8. The van der Waals surface area contributed by atoms with E-state index in [1.54, 1.807) is 30.5 Å². The summed E-state index contributed by atoms with van der Waals surface area (Å²) in [5.74, 6) is -0.0536. The van der Waals surface area contributed by atoms with Crippen molar-refractivity contribution in [3.8, 4) is 0 Å². The number of aromatic nitrogens is 1. The minimum absolute atomic E-state index is 0.248. The highest BCUT2D eigenvalue weighted by atomic mass is 79.9. The molecule has 0 radical (unpaired) electrons. The van der Waals surface area contributed by atoms with Gasteiger partial charge < -0.3 is 4.90 Å². The average Bonchev–Trinajstić information content (AvgIpc) is 2.60. The summed E-state index contributed by atoms with van der Waals surface area (Å²) in [7, 11) is -3.99. The van der Waals surface area contributed by atoms with Crippen molar-refractivity contribution in [2.45, 2.75) is 19.8 Å². The first-order valence-electron chi connectivity index (χ1n) is 8.38. The van der Waals surface area contributed by atoms with Gasteiger partial charge in [0, 0.05) is 35.5 Å². The third kappa shape index (κ3) is 7.24. The lowest BCUT2D eigenvalue weighted by Crippen LogP contribution is -2.29. The molecule has 2 rings (SSSR count). The molecule has 0 saturated heterocycles. The topological polar surface area (TPSA) is 112 Å². The van der Waals surface area contributed by atoms with Gasteiger partial charge >= 0.3 is 0 Å². The maximum absolute atomic E-state index is 12.3. The Hall–Kier alpha value is -2.04. The number of pyridine rings is 1. The maximum Gasteiger partial charge on any atom is 0.264 e. The number of hydrogen-bond acceptors (Lipinski definition) is 7. The molecule has 0 saturated carbocycles. The predicted octanol–water partition coefficient (Wildman–Crippen LogP) is 2.62. The van der Waals surface area contributed by atoms with E-state index in [0.717, 1.165) is 10.9 Å². The molecule has 146 valence electrons. The van der Waals surface area contributed by atoms with E-state index in [4.69, 9.17) is 4.55 Å². The van der Waals surface area contributed by atoms with Gasteiger partial charge in [-0.05, 0) is 53.1 Å². The number of allylic oxidation sites excluding steroid dienone is 3. The summed E-state index contributed by atoms with van der Waals surface area (Å²) in [5.41, 5.74) is 3.68. The summed E-state index contributed by atoms with van der Waals surface area (Å²) >= 11 is 3.29. The van der Waals surface area contributed by atoms with E-state index in [2.05, 4.69) is 31.4 Å². The number of rotatable bonds is 9. The fourth-order valence-electron chi connectivity index (χ4n) is 2.43. The van der Waals surface area contributed by atoms with Gasteiger partial charge in [0.25, 0.3) is 10.1 Å². The van der Waals surface area contributed by atoms with Crippen molar-refractivity contribution in [1.29, 1.82) is 0 Å². The molecule has 1 aliphatic rings. The van der Waals surface area contributed by atoms with Crippen LogP contribution < -0.4 is 5.43 Å². The Morgan fingerprint density at radius 2 is 2.07 bits per heavy atom. The van der Waals surface area contributed by atoms with Crippen LogP contribution >= 0.6 is 15.9 Å². The SMILES string of the molecule is CCCN(CCCS(=O)(=O)O)C1=CC(=O)/C(=N/Nc2ccc(Br)cn2)C=C1. The normalized spacial score (nSPS) is 15.7. The Morgan fingerprint density at radius 3 is 2.67 bits per heavy atom. The predicted molar refractivity (Wildman–Crippen MR) is 108 cm³/mol. The van der Waals surface area contributed by atoms with E-state index in [9.17, 15) is 13.2 Å². The number of hydrazone groups is 1. The Morgan fingerprint density at radius 1 is 1.30 bits per heavy atom. The van der Waals surface area contributed by atoms with Crippen molar-refractivity contribution in [2.75, 3.05) is 24.3 Å². The van der Waals surface area contributed by atoms with Gasteiger partial charge in [-0.2, -0.15) is 13.5 Å². The van der Waals surface area contributed by atoms with Crippen LogP contribution in [0.2, 0.25) is 0 Å². The van der Waals surface area contributed by atoms with E-state index in [1.807, 2.05) is 11.8 Å². The zero-order chi connectivity index (χ0) is 19.9. The molecular weight excluding hydrogens is 436 g/mol. The Kier molecular flexibility index (Phi) is 7.69. The largest absolute Gasteiger partial charge is 0.371 e. The molecule has 0 aliphatic heterocycles. The molecule has 0 spiro atoms. The van der Waals surface area contributed by atoms with Crippen LogP contribution in [0, 0.1) is 0 Å². The Labute approximate surface area is 166 Å². The molecule has 27 heavy (non-hydrogen) atoms. The molecule has 0 fully saturated rings. The van der Waals surface area contributed by atoms with Crippen molar-refractivity contribution < 1.29 is 17.8 Å². The average molecular weight is 457 g/mol. The van der Waals surface area contributed by atoms with Crippen molar-refractivity contribution in [1.82, 2.24) is 9.88 Å². The fourth-order valence-corrected chi connectivity index (χ4v) is 3.16. The Balaban J connectivity index is 2.02. The minimum Gasteiger partial charge on any atom is -0.371 e. The molecule has 10 heteroatoms. The minimum atomic E-state index is -3.99. The maximum atomic E-state index is 12.3. The lowest BCUT2D eigenvalue weighted by molar-refractivity contribution is -0.109. The smallest absolute Gasteiger partial charge is 0.264 e. The first-order valence-corrected chi connectivity index (χ1v) is 10.8. The van der Waals surface area contributed by atoms with Crippen LogP contribution in [0.3, 0.4) is 0 Å². The Bertz CT molecular complexity index is 863. The summed E-state index contributed by atoms with van der Waals surface area (Å²) in [6.07, 6.45) is 7.57. The monoisotopic (exact) mass is 456 g/mol. The standard InChI is InChI=1S/C17H21BrN4O4S/c1-2-8-22(9-3-10-27(24,25)26)14-5-6-15(16(23)11-14)20-21-17-7-4-13(18)12-19-17/h4-7,11-12H,2-3,8-10H2,1H3,(H,19,21)(H,24,25,26)/b20-15+. The molecule has 8 nitrogen and oxygen atoms in total. The van der Waals surface area contributed by atoms with Crippen molar-refractivity contribution >= 4 is 43.4 Å². The molecule has 0 unspecified atom stereocenters. The number of nitrogens with zero attached hydrogens (tertiary/aromatic N) is 3. The molecule has 0 atom stereocenters. The number of hydrogen-bond donors (Lipinski definition) is 2. The van der Waals surface area contributed by atoms with Crippen LogP contribution in [0.4, 0.5) is 5.82 Å². The van der Waals surface area contributed by atoms with Crippen LogP contribution in [0.1, 0.15) is 19.8 Å². The van der Waals surface area contributed by atoms with Crippen molar-refractivity contribution in [3.05, 3.63) is 46.7 Å². The molecule has 0 amide bonds. The summed E-state index contributed by atoms with van der Waals surface area (Å²) in [6, 6.07) is 3.53. The van der Waals surface area contributed by atoms with Crippen LogP contribution in [0.5, 0.6) is 0 Å². The highest BCUT2D eigenvalue weighted by molar-refractivity contribution is 9.10. The molecule has 2 N–H and O–H groups in total. The van der Waals surface area contributed by atoms with Crippen LogP contribution in [-0.4, -0.2) is 53.2 Å². The number of carbonyl (C=O) groups is 1. The van der Waals surface area contributed by atoms with Gasteiger partial charge in [0.2, 0.25) is 5.78 Å². The molecule has 1 aromatic heterocycles. The lowest BCUT2D eigenvalue weighted by Gasteiger charge is -2.26. The third-order valence-electron chi connectivity index (χ3n) is 3.65. The van der Waals surface area contributed by atoms with Gasteiger partial charge in [-0.15, -0.1) is 0 Å². The van der Waals surface area contributed by atoms with Crippen LogP contribution in [-0.2, 0) is 14.9 Å². The third-order valence-corrected chi connectivity index (χ3v) is 4.92. The van der Waals surface area contributed by atoms with Crippen molar-refractivity contribution in [3.63, 3.8) is 0 Å². The van der Waals surface area contributed by atoms with E-state index < -0.39 is 10.1 Å². The first kappa shape index (κ1) is 21.3. The molecule has 0 bridgehead atoms. The van der Waals surface area contributed by atoms with E-state index in [0.29, 0.717) is 24.6 Å². The number of anilines is 1. The summed E-state index contributed by atoms with van der Waals surface area (Å²) < 4.78 is 31.4. The molecule has 1 aromatic rings. The molecular formula is C17H21BrN4O4S. The van der Waals surface area contributed by atoms with Gasteiger partial charge in [0.15, 0.2) is 0 Å². The number of carbonyl (C=O) groups excluding carboxylic acids is 1. The first-order chi connectivity index (χ1) is 12.8. The van der Waals surface area contributed by atoms with Gasteiger partial charge in [-0.25, -0.2) is 4.98 Å². The molecule has 0 aromatic carbocycles. The second-order valence-electron chi connectivity index (χ2n) is 5.86.